The van der Waals surface area contributed by atoms with Crippen molar-refractivity contribution < 1.29 is 9.52 Å². The molecule has 2 aromatic rings. The fourth-order valence-corrected chi connectivity index (χ4v) is 2.39. The number of hydrogen-bond donors (Lipinski definition) is 2. The van der Waals surface area contributed by atoms with Crippen LogP contribution in [-0.4, -0.2) is 23.7 Å². The first kappa shape index (κ1) is 13.1. The number of nitrogens with one attached hydrogen (secondary N) is 1. The third kappa shape index (κ3) is 2.40. The number of hydrogen-bond acceptors (Lipinski definition) is 4. The number of fused-ring (bicyclic) bond motifs is 1. The van der Waals surface area contributed by atoms with Gasteiger partial charge in [0.15, 0.2) is 12.0 Å². The van der Waals surface area contributed by atoms with Gasteiger partial charge in [-0.3, -0.25) is 0 Å². The Balaban J connectivity index is 2.36. The minimum Gasteiger partial charge on any atom is -0.443 e. The SMILES string of the molecule is CNC(c1ccc2ncoc2c1)C(CO)C(C)C. The van der Waals surface area contributed by atoms with E-state index in [2.05, 4.69) is 24.1 Å². The van der Waals surface area contributed by atoms with Crippen LogP contribution in [-0.2, 0) is 0 Å². The van der Waals surface area contributed by atoms with Crippen LogP contribution in [0.3, 0.4) is 0 Å². The average Bonchev–Trinajstić information content (AvgIpc) is 2.82. The summed E-state index contributed by atoms with van der Waals surface area (Å²) < 4.78 is 5.33. The molecule has 0 bridgehead atoms. The molecule has 4 heteroatoms. The van der Waals surface area contributed by atoms with Crippen LogP contribution >= 0.6 is 0 Å². The Hall–Kier alpha value is -1.39. The van der Waals surface area contributed by atoms with Gasteiger partial charge in [-0.2, -0.15) is 0 Å². The van der Waals surface area contributed by atoms with Gasteiger partial charge in [-0.25, -0.2) is 4.98 Å². The van der Waals surface area contributed by atoms with E-state index in [4.69, 9.17) is 4.42 Å². The predicted octanol–water partition coefficient (Wildman–Crippen LogP) is 2.35. The average molecular weight is 248 g/mol. The molecule has 18 heavy (non-hydrogen) atoms. The van der Waals surface area contributed by atoms with Crippen molar-refractivity contribution in [2.75, 3.05) is 13.7 Å². The second-order valence-corrected chi connectivity index (χ2v) is 4.94. The molecule has 0 aliphatic heterocycles. The van der Waals surface area contributed by atoms with Crippen LogP contribution in [0, 0.1) is 11.8 Å². The summed E-state index contributed by atoms with van der Waals surface area (Å²) in [5.41, 5.74) is 2.77. The summed E-state index contributed by atoms with van der Waals surface area (Å²) in [5, 5.41) is 12.8. The molecule has 0 aliphatic rings. The highest BCUT2D eigenvalue weighted by Gasteiger charge is 2.24. The largest absolute Gasteiger partial charge is 0.443 e. The van der Waals surface area contributed by atoms with E-state index in [1.165, 1.54) is 6.39 Å². The number of oxazole rings is 1. The number of benzene rings is 1. The fourth-order valence-electron chi connectivity index (χ4n) is 2.39. The monoisotopic (exact) mass is 248 g/mol. The van der Waals surface area contributed by atoms with E-state index in [9.17, 15) is 5.11 Å². The molecule has 0 aliphatic carbocycles. The van der Waals surface area contributed by atoms with Crippen molar-refractivity contribution in [2.24, 2.45) is 11.8 Å². The summed E-state index contributed by atoms with van der Waals surface area (Å²) in [6.07, 6.45) is 1.45. The maximum atomic E-state index is 9.56. The van der Waals surface area contributed by atoms with E-state index in [1.54, 1.807) is 0 Å². The van der Waals surface area contributed by atoms with Gasteiger partial charge in [0.1, 0.15) is 5.52 Å². The quantitative estimate of drug-likeness (QED) is 0.852. The number of aliphatic hydroxyl groups is 1. The second-order valence-electron chi connectivity index (χ2n) is 4.94. The van der Waals surface area contributed by atoms with E-state index in [0.29, 0.717) is 5.92 Å². The molecule has 0 radical (unpaired) electrons. The molecule has 0 spiro atoms. The Kier molecular flexibility index (Phi) is 3.99. The maximum absolute atomic E-state index is 9.56. The van der Waals surface area contributed by atoms with Gasteiger partial charge >= 0.3 is 0 Å². The standard InChI is InChI=1S/C14H20N2O2/c1-9(2)11(7-17)14(15-3)10-4-5-12-13(6-10)18-8-16-12/h4-6,8-9,11,14-15,17H,7H2,1-3H3. The Morgan fingerprint density at radius 3 is 2.78 bits per heavy atom. The van der Waals surface area contributed by atoms with Gasteiger partial charge < -0.3 is 14.8 Å². The maximum Gasteiger partial charge on any atom is 0.181 e. The minimum absolute atomic E-state index is 0.115. The smallest absolute Gasteiger partial charge is 0.181 e. The molecule has 1 heterocycles. The molecular formula is C14H20N2O2. The van der Waals surface area contributed by atoms with Crippen LogP contribution in [0.4, 0.5) is 0 Å². The number of rotatable bonds is 5. The predicted molar refractivity (Wildman–Crippen MR) is 71.2 cm³/mol. The first-order valence-corrected chi connectivity index (χ1v) is 6.28. The molecule has 2 atom stereocenters. The molecule has 1 aromatic heterocycles. The molecule has 0 fully saturated rings. The fraction of sp³-hybridized carbons (Fsp3) is 0.500. The Bertz CT molecular complexity index is 507. The summed E-state index contributed by atoms with van der Waals surface area (Å²) in [6.45, 7) is 4.41. The molecule has 4 nitrogen and oxygen atoms in total. The van der Waals surface area contributed by atoms with Crippen molar-refractivity contribution in [2.45, 2.75) is 19.9 Å². The van der Waals surface area contributed by atoms with Gasteiger partial charge in [0.2, 0.25) is 0 Å². The van der Waals surface area contributed by atoms with Crippen molar-refractivity contribution in [3.63, 3.8) is 0 Å². The van der Waals surface area contributed by atoms with Gasteiger partial charge in [0.25, 0.3) is 0 Å². The summed E-state index contributed by atoms with van der Waals surface area (Å²) in [4.78, 5) is 4.11. The van der Waals surface area contributed by atoms with Crippen molar-refractivity contribution >= 4 is 11.1 Å². The first-order valence-electron chi connectivity index (χ1n) is 6.28. The van der Waals surface area contributed by atoms with E-state index in [-0.39, 0.29) is 18.6 Å². The first-order chi connectivity index (χ1) is 8.67. The third-order valence-corrected chi connectivity index (χ3v) is 3.52. The molecular weight excluding hydrogens is 228 g/mol. The molecule has 2 rings (SSSR count). The molecule has 1 aromatic carbocycles. The summed E-state index contributed by atoms with van der Waals surface area (Å²) in [6, 6.07) is 6.10. The van der Waals surface area contributed by atoms with Crippen LogP contribution in [0.1, 0.15) is 25.5 Å². The zero-order valence-corrected chi connectivity index (χ0v) is 11.1. The molecule has 2 N–H and O–H groups in total. The summed E-state index contributed by atoms with van der Waals surface area (Å²) in [5.74, 6) is 0.577. The molecule has 0 amide bonds. The van der Waals surface area contributed by atoms with Crippen molar-refractivity contribution in [1.29, 1.82) is 0 Å². The third-order valence-electron chi connectivity index (χ3n) is 3.52. The lowest BCUT2D eigenvalue weighted by molar-refractivity contribution is 0.154. The molecule has 98 valence electrons. The van der Waals surface area contributed by atoms with Gasteiger partial charge in [-0.1, -0.05) is 19.9 Å². The lowest BCUT2D eigenvalue weighted by Gasteiger charge is -2.28. The normalized spacial score (nSPS) is 15.2. The summed E-state index contributed by atoms with van der Waals surface area (Å²) in [7, 11) is 1.92. The van der Waals surface area contributed by atoms with Gasteiger partial charge in [0.05, 0.1) is 0 Å². The molecule has 0 saturated carbocycles. The van der Waals surface area contributed by atoms with Crippen molar-refractivity contribution in [1.82, 2.24) is 10.3 Å². The Labute approximate surface area is 107 Å². The van der Waals surface area contributed by atoms with Crippen LogP contribution < -0.4 is 5.32 Å². The summed E-state index contributed by atoms with van der Waals surface area (Å²) >= 11 is 0. The van der Waals surface area contributed by atoms with E-state index >= 15 is 0 Å². The van der Waals surface area contributed by atoms with E-state index < -0.39 is 0 Å². The van der Waals surface area contributed by atoms with Crippen LogP contribution in [0.2, 0.25) is 0 Å². The van der Waals surface area contributed by atoms with E-state index in [1.807, 2.05) is 25.2 Å². The number of nitrogens with zero attached hydrogens (tertiary/aromatic N) is 1. The Morgan fingerprint density at radius 2 is 2.17 bits per heavy atom. The van der Waals surface area contributed by atoms with Crippen LogP contribution in [0.5, 0.6) is 0 Å². The number of aliphatic hydroxyl groups excluding tert-OH is 1. The Morgan fingerprint density at radius 1 is 1.39 bits per heavy atom. The number of aromatic nitrogens is 1. The highest BCUT2D eigenvalue weighted by atomic mass is 16.3. The zero-order chi connectivity index (χ0) is 13.1. The van der Waals surface area contributed by atoms with Gasteiger partial charge in [-0.15, -0.1) is 0 Å². The van der Waals surface area contributed by atoms with Crippen LogP contribution in [0.25, 0.3) is 11.1 Å². The highest BCUT2D eigenvalue weighted by Crippen LogP contribution is 2.29. The lowest BCUT2D eigenvalue weighted by Crippen LogP contribution is -2.31. The second kappa shape index (κ2) is 5.50. The highest BCUT2D eigenvalue weighted by molar-refractivity contribution is 5.72. The lowest BCUT2D eigenvalue weighted by atomic mass is 9.85. The molecule has 2 unspecified atom stereocenters. The molecule has 0 saturated heterocycles. The minimum atomic E-state index is 0.115. The van der Waals surface area contributed by atoms with Gasteiger partial charge in [0, 0.05) is 18.6 Å². The van der Waals surface area contributed by atoms with Gasteiger partial charge in [-0.05, 0) is 30.7 Å². The van der Waals surface area contributed by atoms with Crippen LogP contribution in [0.15, 0.2) is 29.0 Å². The zero-order valence-electron chi connectivity index (χ0n) is 11.1. The topological polar surface area (TPSA) is 58.3 Å². The van der Waals surface area contributed by atoms with Crippen molar-refractivity contribution in [3.8, 4) is 0 Å². The van der Waals surface area contributed by atoms with E-state index in [0.717, 1.165) is 16.7 Å². The van der Waals surface area contributed by atoms with Crippen molar-refractivity contribution in [3.05, 3.63) is 30.2 Å².